The highest BCUT2D eigenvalue weighted by atomic mass is 16.6. The van der Waals surface area contributed by atoms with E-state index in [1.54, 1.807) is 37.0 Å². The first-order valence-electron chi connectivity index (χ1n) is 7.12. The van der Waals surface area contributed by atoms with Gasteiger partial charge in [0.1, 0.15) is 11.4 Å². The van der Waals surface area contributed by atoms with E-state index in [9.17, 15) is 14.9 Å². The van der Waals surface area contributed by atoms with Gasteiger partial charge in [-0.15, -0.1) is 0 Å². The van der Waals surface area contributed by atoms with Gasteiger partial charge in [0.15, 0.2) is 0 Å². The molecule has 1 aromatic carbocycles. The van der Waals surface area contributed by atoms with Crippen LogP contribution in [0.3, 0.4) is 0 Å². The second-order valence-electron chi connectivity index (χ2n) is 5.54. The molecule has 2 aromatic rings. The number of benzene rings is 1. The second kappa shape index (κ2) is 6.47. The quantitative estimate of drug-likeness (QED) is 0.676. The van der Waals surface area contributed by atoms with Crippen molar-refractivity contribution >= 4 is 23.0 Å². The molecule has 0 saturated heterocycles. The summed E-state index contributed by atoms with van der Waals surface area (Å²) in [7, 11) is 3.30. The summed E-state index contributed by atoms with van der Waals surface area (Å²) >= 11 is 0. The fraction of sp³-hybridized carbons (Fsp3) is 0.333. The summed E-state index contributed by atoms with van der Waals surface area (Å²) in [6.45, 7) is 3.82. The van der Waals surface area contributed by atoms with E-state index in [0.717, 1.165) is 0 Å². The lowest BCUT2D eigenvalue weighted by Crippen LogP contribution is -2.26. The highest BCUT2D eigenvalue weighted by molar-refractivity contribution is 5.98. The number of nitrogens with zero attached hydrogens (tertiary/aromatic N) is 4. The summed E-state index contributed by atoms with van der Waals surface area (Å²) in [6.07, 6.45) is 1.51. The minimum Gasteiger partial charge on any atom is -0.347 e. The molecule has 1 heterocycles. The van der Waals surface area contributed by atoms with Crippen LogP contribution in [0.15, 0.2) is 30.5 Å². The van der Waals surface area contributed by atoms with Gasteiger partial charge < -0.3 is 10.2 Å². The molecule has 0 saturated carbocycles. The predicted octanol–water partition coefficient (Wildman–Crippen LogP) is 2.82. The van der Waals surface area contributed by atoms with Crippen molar-refractivity contribution in [3.63, 3.8) is 0 Å². The molecule has 1 aromatic heterocycles. The van der Waals surface area contributed by atoms with Gasteiger partial charge in [0.2, 0.25) is 0 Å². The lowest BCUT2D eigenvalue weighted by atomic mass is 10.2. The van der Waals surface area contributed by atoms with Gasteiger partial charge in [0, 0.05) is 26.2 Å². The summed E-state index contributed by atoms with van der Waals surface area (Å²) in [5, 5.41) is 18.3. The number of nitro benzene ring substituents is 1. The Labute approximate surface area is 133 Å². The molecular formula is C15H19N5O3. The van der Waals surface area contributed by atoms with Crippen LogP contribution in [0.2, 0.25) is 0 Å². The number of anilines is 2. The summed E-state index contributed by atoms with van der Waals surface area (Å²) in [5.41, 5.74) is 1.05. The number of carbonyl (C=O) groups excluding carboxylic acids is 1. The Bertz CT molecular complexity index is 736. The number of nitro groups is 1. The summed E-state index contributed by atoms with van der Waals surface area (Å²) in [5.74, 6) is -0.225. The molecule has 2 rings (SSSR count). The average molecular weight is 317 g/mol. The van der Waals surface area contributed by atoms with Crippen molar-refractivity contribution in [1.82, 2.24) is 14.7 Å². The first kappa shape index (κ1) is 16.5. The van der Waals surface area contributed by atoms with Gasteiger partial charge in [-0.3, -0.25) is 19.6 Å². The Morgan fingerprint density at radius 2 is 1.96 bits per heavy atom. The van der Waals surface area contributed by atoms with Crippen LogP contribution in [-0.2, 0) is 0 Å². The maximum absolute atomic E-state index is 12.5. The summed E-state index contributed by atoms with van der Waals surface area (Å²) in [6, 6.07) is 6.26. The van der Waals surface area contributed by atoms with Crippen molar-refractivity contribution in [3.8, 4) is 0 Å². The third kappa shape index (κ3) is 3.31. The molecule has 8 heteroatoms. The lowest BCUT2D eigenvalue weighted by molar-refractivity contribution is -0.383. The molecule has 0 aliphatic heterocycles. The Balaban J connectivity index is 2.49. The van der Waals surface area contributed by atoms with Crippen LogP contribution < -0.4 is 5.32 Å². The largest absolute Gasteiger partial charge is 0.347 e. The van der Waals surface area contributed by atoms with Crippen LogP contribution in [-0.4, -0.2) is 39.6 Å². The standard InChI is InChI=1S/C15H19N5O3/c1-10(2)19-14(15(21)18(3)4)12(9-16-19)17-11-7-5-6-8-13(11)20(22)23/h5-10,17H,1-4H3. The van der Waals surface area contributed by atoms with Crippen molar-refractivity contribution in [1.29, 1.82) is 0 Å². The average Bonchev–Trinajstić information content (AvgIpc) is 2.90. The van der Waals surface area contributed by atoms with Gasteiger partial charge in [-0.1, -0.05) is 12.1 Å². The molecule has 23 heavy (non-hydrogen) atoms. The van der Waals surface area contributed by atoms with Gasteiger partial charge in [0.25, 0.3) is 11.6 Å². The lowest BCUT2D eigenvalue weighted by Gasteiger charge is -2.16. The fourth-order valence-electron chi connectivity index (χ4n) is 2.15. The van der Waals surface area contributed by atoms with Gasteiger partial charge in [-0.05, 0) is 19.9 Å². The zero-order valence-corrected chi connectivity index (χ0v) is 13.5. The fourth-order valence-corrected chi connectivity index (χ4v) is 2.15. The van der Waals surface area contributed by atoms with Crippen molar-refractivity contribution in [2.24, 2.45) is 0 Å². The molecule has 0 bridgehead atoms. The zero-order valence-electron chi connectivity index (χ0n) is 13.5. The normalized spacial score (nSPS) is 10.7. The minimum atomic E-state index is -0.470. The van der Waals surface area contributed by atoms with Crippen LogP contribution in [0.4, 0.5) is 17.1 Å². The van der Waals surface area contributed by atoms with E-state index in [-0.39, 0.29) is 17.6 Å². The van der Waals surface area contributed by atoms with E-state index in [0.29, 0.717) is 17.1 Å². The van der Waals surface area contributed by atoms with E-state index >= 15 is 0 Å². The Kier molecular flexibility index (Phi) is 4.63. The summed E-state index contributed by atoms with van der Waals surface area (Å²) in [4.78, 5) is 24.5. The Morgan fingerprint density at radius 3 is 2.52 bits per heavy atom. The molecule has 8 nitrogen and oxygen atoms in total. The first-order valence-corrected chi connectivity index (χ1v) is 7.12. The third-order valence-electron chi connectivity index (χ3n) is 3.26. The molecule has 0 unspecified atom stereocenters. The van der Waals surface area contributed by atoms with Gasteiger partial charge in [-0.2, -0.15) is 5.10 Å². The molecule has 0 fully saturated rings. The van der Waals surface area contributed by atoms with Crippen LogP contribution in [0.1, 0.15) is 30.4 Å². The molecule has 0 radical (unpaired) electrons. The first-order chi connectivity index (χ1) is 10.8. The molecule has 1 N–H and O–H groups in total. The van der Waals surface area contributed by atoms with Crippen LogP contribution in [0.5, 0.6) is 0 Å². The molecule has 0 atom stereocenters. The highest BCUT2D eigenvalue weighted by Crippen LogP contribution is 2.29. The number of carbonyl (C=O) groups is 1. The minimum absolute atomic E-state index is 0.0183. The van der Waals surface area contributed by atoms with Crippen molar-refractivity contribution < 1.29 is 9.72 Å². The predicted molar refractivity (Wildman–Crippen MR) is 87.0 cm³/mol. The van der Waals surface area contributed by atoms with Gasteiger partial charge in [0.05, 0.1) is 16.8 Å². The Hall–Kier alpha value is -2.90. The summed E-state index contributed by atoms with van der Waals surface area (Å²) < 4.78 is 1.60. The van der Waals surface area contributed by atoms with Crippen LogP contribution in [0.25, 0.3) is 0 Å². The number of para-hydroxylation sites is 2. The Morgan fingerprint density at radius 1 is 1.30 bits per heavy atom. The number of rotatable bonds is 5. The maximum atomic E-state index is 12.5. The third-order valence-corrected chi connectivity index (χ3v) is 3.26. The molecule has 1 amide bonds. The molecule has 0 aliphatic rings. The van der Waals surface area contributed by atoms with E-state index in [1.807, 2.05) is 13.8 Å². The van der Waals surface area contributed by atoms with Gasteiger partial charge >= 0.3 is 0 Å². The molecule has 122 valence electrons. The maximum Gasteiger partial charge on any atom is 0.292 e. The van der Waals surface area contributed by atoms with Crippen molar-refractivity contribution in [2.75, 3.05) is 19.4 Å². The topological polar surface area (TPSA) is 93.3 Å². The SMILES string of the molecule is CC(C)n1ncc(Nc2ccccc2[N+](=O)[O-])c1C(=O)N(C)C. The number of amides is 1. The van der Waals surface area contributed by atoms with Gasteiger partial charge in [-0.25, -0.2) is 0 Å². The molecule has 0 spiro atoms. The smallest absolute Gasteiger partial charge is 0.292 e. The van der Waals surface area contributed by atoms with Crippen molar-refractivity contribution in [2.45, 2.75) is 19.9 Å². The number of nitrogens with one attached hydrogen (secondary N) is 1. The zero-order chi connectivity index (χ0) is 17.1. The molecular weight excluding hydrogens is 298 g/mol. The van der Waals surface area contributed by atoms with E-state index < -0.39 is 4.92 Å². The second-order valence-corrected chi connectivity index (χ2v) is 5.54. The van der Waals surface area contributed by atoms with Crippen LogP contribution in [0, 0.1) is 10.1 Å². The number of hydrogen-bond acceptors (Lipinski definition) is 5. The van der Waals surface area contributed by atoms with E-state index in [1.165, 1.54) is 17.2 Å². The van der Waals surface area contributed by atoms with E-state index in [2.05, 4.69) is 10.4 Å². The number of hydrogen-bond donors (Lipinski definition) is 1. The molecule has 0 aliphatic carbocycles. The van der Waals surface area contributed by atoms with Crippen LogP contribution >= 0.6 is 0 Å². The number of aromatic nitrogens is 2. The van der Waals surface area contributed by atoms with E-state index in [4.69, 9.17) is 0 Å². The monoisotopic (exact) mass is 317 g/mol. The van der Waals surface area contributed by atoms with Crippen molar-refractivity contribution in [3.05, 3.63) is 46.3 Å². The highest BCUT2D eigenvalue weighted by Gasteiger charge is 2.23.